The van der Waals surface area contributed by atoms with Gasteiger partial charge < -0.3 is 15.4 Å². The number of nitro benzene ring substituents is 1. The lowest BCUT2D eigenvalue weighted by atomic mass is 10.1. The Morgan fingerprint density at radius 1 is 1.55 bits per heavy atom. The van der Waals surface area contributed by atoms with E-state index in [0.717, 1.165) is 0 Å². The van der Waals surface area contributed by atoms with Crippen molar-refractivity contribution < 1.29 is 14.5 Å². The highest BCUT2D eigenvalue weighted by Crippen LogP contribution is 2.22. The summed E-state index contributed by atoms with van der Waals surface area (Å²) in [5.41, 5.74) is -0.0880. The van der Waals surface area contributed by atoms with Gasteiger partial charge in [0.05, 0.1) is 27.7 Å². The Morgan fingerprint density at radius 2 is 2.30 bits per heavy atom. The Labute approximate surface area is 120 Å². The SMILES string of the molecule is CO[C@H]1CNCC1NC(=O)c1cc([N+](=O)[O-])ccc1Cl. The number of hydrogen-bond donors (Lipinski definition) is 2. The highest BCUT2D eigenvalue weighted by molar-refractivity contribution is 6.33. The van der Waals surface area contributed by atoms with Crippen molar-refractivity contribution in [1.82, 2.24) is 10.6 Å². The lowest BCUT2D eigenvalue weighted by Crippen LogP contribution is -2.43. The highest BCUT2D eigenvalue weighted by Gasteiger charge is 2.29. The molecule has 8 heteroatoms. The summed E-state index contributed by atoms with van der Waals surface area (Å²) >= 11 is 5.92. The van der Waals surface area contributed by atoms with Crippen molar-refractivity contribution >= 4 is 23.2 Å². The summed E-state index contributed by atoms with van der Waals surface area (Å²) in [5, 5.41) is 16.8. The minimum atomic E-state index is -0.567. The van der Waals surface area contributed by atoms with Gasteiger partial charge in [-0.3, -0.25) is 14.9 Å². The van der Waals surface area contributed by atoms with Crippen LogP contribution in [0.4, 0.5) is 5.69 Å². The van der Waals surface area contributed by atoms with Gasteiger partial charge in [-0.25, -0.2) is 0 Å². The molecule has 1 aromatic rings. The molecule has 108 valence electrons. The number of nitrogens with one attached hydrogen (secondary N) is 2. The number of nitro groups is 1. The van der Waals surface area contributed by atoms with Crippen molar-refractivity contribution in [3.8, 4) is 0 Å². The van der Waals surface area contributed by atoms with Crippen LogP contribution in [0.5, 0.6) is 0 Å². The molecule has 0 saturated carbocycles. The van der Waals surface area contributed by atoms with E-state index in [-0.39, 0.29) is 28.4 Å². The molecule has 0 aliphatic carbocycles. The number of carbonyl (C=O) groups is 1. The molecule has 2 N–H and O–H groups in total. The van der Waals surface area contributed by atoms with E-state index in [1.54, 1.807) is 7.11 Å². The van der Waals surface area contributed by atoms with Gasteiger partial charge in [0, 0.05) is 32.3 Å². The lowest BCUT2D eigenvalue weighted by molar-refractivity contribution is -0.384. The van der Waals surface area contributed by atoms with E-state index in [1.165, 1.54) is 18.2 Å². The van der Waals surface area contributed by atoms with Crippen molar-refractivity contribution in [3.05, 3.63) is 38.9 Å². The standard InChI is InChI=1S/C12H14ClN3O4/c1-20-11-6-14-5-10(11)15-12(17)8-4-7(16(18)19)2-3-9(8)13/h2-4,10-11,14H,5-6H2,1H3,(H,15,17)/t10?,11-/m0/s1. The van der Waals surface area contributed by atoms with Crippen LogP contribution in [-0.2, 0) is 4.74 Å². The molecule has 20 heavy (non-hydrogen) atoms. The van der Waals surface area contributed by atoms with E-state index in [9.17, 15) is 14.9 Å². The van der Waals surface area contributed by atoms with Gasteiger partial charge >= 0.3 is 0 Å². The molecule has 2 atom stereocenters. The van der Waals surface area contributed by atoms with Gasteiger partial charge in [0.1, 0.15) is 0 Å². The molecule has 0 aromatic heterocycles. The number of ether oxygens (including phenoxy) is 1. The molecule has 0 spiro atoms. The molecule has 1 amide bonds. The van der Waals surface area contributed by atoms with Gasteiger partial charge in [-0.05, 0) is 6.07 Å². The zero-order valence-corrected chi connectivity index (χ0v) is 11.5. The maximum Gasteiger partial charge on any atom is 0.270 e. The molecule has 1 aromatic carbocycles. The van der Waals surface area contributed by atoms with Crippen LogP contribution in [0.2, 0.25) is 5.02 Å². The van der Waals surface area contributed by atoms with Crippen molar-refractivity contribution in [2.75, 3.05) is 20.2 Å². The van der Waals surface area contributed by atoms with Crippen LogP contribution >= 0.6 is 11.6 Å². The number of rotatable bonds is 4. The van der Waals surface area contributed by atoms with Crippen LogP contribution in [0.15, 0.2) is 18.2 Å². The zero-order valence-electron chi connectivity index (χ0n) is 10.8. The first-order chi connectivity index (χ1) is 9.52. The quantitative estimate of drug-likeness (QED) is 0.638. The summed E-state index contributed by atoms with van der Waals surface area (Å²) in [7, 11) is 1.57. The molecule has 0 radical (unpaired) electrons. The number of benzene rings is 1. The van der Waals surface area contributed by atoms with Gasteiger partial charge in [-0.1, -0.05) is 11.6 Å². The molecule has 0 bridgehead atoms. The van der Waals surface area contributed by atoms with Crippen molar-refractivity contribution in [3.63, 3.8) is 0 Å². The normalized spacial score (nSPS) is 21.7. The molecule has 1 saturated heterocycles. The first-order valence-electron chi connectivity index (χ1n) is 6.01. The second-order valence-corrected chi connectivity index (χ2v) is 4.84. The predicted molar refractivity (Wildman–Crippen MR) is 73.0 cm³/mol. The highest BCUT2D eigenvalue weighted by atomic mass is 35.5. The fourth-order valence-electron chi connectivity index (χ4n) is 2.09. The van der Waals surface area contributed by atoms with E-state index in [2.05, 4.69) is 10.6 Å². The Morgan fingerprint density at radius 3 is 2.95 bits per heavy atom. The number of methoxy groups -OCH3 is 1. The maximum absolute atomic E-state index is 12.2. The molecule has 1 aliphatic heterocycles. The first-order valence-corrected chi connectivity index (χ1v) is 6.39. The minimum Gasteiger partial charge on any atom is -0.378 e. The number of nitrogens with zero attached hydrogens (tertiary/aromatic N) is 1. The largest absolute Gasteiger partial charge is 0.378 e. The second-order valence-electron chi connectivity index (χ2n) is 4.43. The molecule has 7 nitrogen and oxygen atoms in total. The molecule has 1 aliphatic rings. The van der Waals surface area contributed by atoms with Crippen molar-refractivity contribution in [2.24, 2.45) is 0 Å². The molecule has 1 fully saturated rings. The smallest absolute Gasteiger partial charge is 0.270 e. The summed E-state index contributed by atoms with van der Waals surface area (Å²) < 4.78 is 5.23. The molecule has 2 rings (SSSR count). The summed E-state index contributed by atoms with van der Waals surface area (Å²) in [4.78, 5) is 22.3. The molecular formula is C12H14ClN3O4. The van der Waals surface area contributed by atoms with Gasteiger partial charge in [-0.2, -0.15) is 0 Å². The van der Waals surface area contributed by atoms with Crippen LogP contribution in [0, 0.1) is 10.1 Å². The third kappa shape index (κ3) is 3.06. The fraction of sp³-hybridized carbons (Fsp3) is 0.417. The number of amides is 1. The van der Waals surface area contributed by atoms with E-state index in [4.69, 9.17) is 16.3 Å². The van der Waals surface area contributed by atoms with Gasteiger partial charge in [0.25, 0.3) is 11.6 Å². The lowest BCUT2D eigenvalue weighted by Gasteiger charge is -2.18. The van der Waals surface area contributed by atoms with Gasteiger partial charge in [0.15, 0.2) is 0 Å². The summed E-state index contributed by atoms with van der Waals surface area (Å²) in [6.07, 6.45) is -0.128. The summed E-state index contributed by atoms with van der Waals surface area (Å²) in [6, 6.07) is 3.58. The average molecular weight is 300 g/mol. The number of halogens is 1. The first kappa shape index (κ1) is 14.7. The Bertz CT molecular complexity index is 537. The van der Waals surface area contributed by atoms with Crippen molar-refractivity contribution in [1.29, 1.82) is 0 Å². The molecule has 1 unspecified atom stereocenters. The fourth-order valence-corrected chi connectivity index (χ4v) is 2.30. The van der Waals surface area contributed by atoms with E-state index < -0.39 is 10.8 Å². The van der Waals surface area contributed by atoms with Crippen molar-refractivity contribution in [2.45, 2.75) is 12.1 Å². The van der Waals surface area contributed by atoms with Crippen LogP contribution in [-0.4, -0.2) is 43.2 Å². The summed E-state index contributed by atoms with van der Waals surface area (Å²) in [6.45, 7) is 1.22. The van der Waals surface area contributed by atoms with Crippen LogP contribution < -0.4 is 10.6 Å². The van der Waals surface area contributed by atoms with Gasteiger partial charge in [-0.15, -0.1) is 0 Å². The Hall–Kier alpha value is -1.70. The Balaban J connectivity index is 2.16. The maximum atomic E-state index is 12.2. The second kappa shape index (κ2) is 6.17. The van der Waals surface area contributed by atoms with E-state index >= 15 is 0 Å². The topological polar surface area (TPSA) is 93.5 Å². The minimum absolute atomic E-state index is 0.0858. The average Bonchev–Trinajstić information content (AvgIpc) is 2.86. The third-order valence-corrected chi connectivity index (χ3v) is 3.51. The van der Waals surface area contributed by atoms with E-state index in [0.29, 0.717) is 13.1 Å². The number of non-ortho nitro benzene ring substituents is 1. The number of carbonyl (C=O) groups excluding carboxylic acids is 1. The van der Waals surface area contributed by atoms with Crippen LogP contribution in [0.1, 0.15) is 10.4 Å². The van der Waals surface area contributed by atoms with Crippen LogP contribution in [0.25, 0.3) is 0 Å². The van der Waals surface area contributed by atoms with Crippen LogP contribution in [0.3, 0.4) is 0 Å². The Kier molecular flexibility index (Phi) is 4.53. The predicted octanol–water partition coefficient (Wildman–Crippen LogP) is 0.965. The third-order valence-electron chi connectivity index (χ3n) is 3.18. The zero-order chi connectivity index (χ0) is 14.7. The molecule has 1 heterocycles. The number of hydrogen-bond acceptors (Lipinski definition) is 5. The van der Waals surface area contributed by atoms with Gasteiger partial charge in [0.2, 0.25) is 0 Å². The molecular weight excluding hydrogens is 286 g/mol. The monoisotopic (exact) mass is 299 g/mol. The summed E-state index contributed by atoms with van der Waals surface area (Å²) in [5.74, 6) is -0.450. The van der Waals surface area contributed by atoms with E-state index in [1.807, 2.05) is 0 Å².